The number of imidazole rings is 1. The van der Waals surface area contributed by atoms with Crippen LogP contribution in [0, 0.1) is 0 Å². The summed E-state index contributed by atoms with van der Waals surface area (Å²) in [5.41, 5.74) is 3.50. The summed E-state index contributed by atoms with van der Waals surface area (Å²) in [4.78, 5) is 8.02. The molecule has 1 atom stereocenters. The number of hydrogen-bond acceptors (Lipinski definition) is 2. The van der Waals surface area contributed by atoms with Gasteiger partial charge in [-0.05, 0) is 31.5 Å². The van der Waals surface area contributed by atoms with Crippen molar-refractivity contribution in [2.45, 2.75) is 18.9 Å². The molecule has 2 N–H and O–H groups in total. The predicted molar refractivity (Wildman–Crippen MR) is 64.2 cm³/mol. The maximum absolute atomic E-state index is 4.62. The highest BCUT2D eigenvalue weighted by atomic mass is 15.0. The second kappa shape index (κ2) is 3.38. The molecule has 1 aromatic heterocycles. The van der Waals surface area contributed by atoms with Crippen molar-refractivity contribution >= 4 is 24.3 Å². The third-order valence-corrected chi connectivity index (χ3v) is 3.05. The van der Waals surface area contributed by atoms with Gasteiger partial charge < -0.3 is 10.3 Å². The molecule has 1 aliphatic rings. The van der Waals surface area contributed by atoms with Gasteiger partial charge in [0, 0.05) is 0 Å². The third kappa shape index (κ3) is 1.55. The Bertz CT molecular complexity index is 486. The van der Waals surface area contributed by atoms with E-state index in [1.54, 1.807) is 0 Å². The molecule has 1 saturated heterocycles. The number of rotatable bonds is 1. The van der Waals surface area contributed by atoms with E-state index in [2.05, 4.69) is 41.3 Å². The zero-order chi connectivity index (χ0) is 10.3. The molecule has 0 bridgehead atoms. The van der Waals surface area contributed by atoms with Crippen molar-refractivity contribution in [1.82, 2.24) is 15.3 Å². The van der Waals surface area contributed by atoms with E-state index in [4.69, 9.17) is 0 Å². The van der Waals surface area contributed by atoms with Crippen LogP contribution in [0.1, 0.15) is 24.7 Å². The van der Waals surface area contributed by atoms with E-state index >= 15 is 0 Å². The fourth-order valence-corrected chi connectivity index (χ4v) is 2.23. The Hall–Kier alpha value is -1.29. The summed E-state index contributed by atoms with van der Waals surface area (Å²) in [5, 5.41) is 3.45. The largest absolute Gasteiger partial charge is 0.341 e. The lowest BCUT2D eigenvalue weighted by atomic mass is 9.96. The zero-order valence-electron chi connectivity index (χ0n) is 8.88. The summed E-state index contributed by atoms with van der Waals surface area (Å²) < 4.78 is 0. The lowest BCUT2D eigenvalue weighted by molar-refractivity contribution is 0.614. The smallest absolute Gasteiger partial charge is 0.139 e. The average Bonchev–Trinajstić information content (AvgIpc) is 2.84. The van der Waals surface area contributed by atoms with Crippen LogP contribution in [0.2, 0.25) is 0 Å². The standard InChI is InChI=1S/C11H14BN3/c12-7-3-4-8-10(6-7)15-11(14-8)9-2-1-5-13-9/h3-4,6,9,13H,1-2,5,12H2,(H,14,15)/t9-/m0/s1. The molecule has 0 saturated carbocycles. The van der Waals surface area contributed by atoms with Gasteiger partial charge in [-0.15, -0.1) is 0 Å². The van der Waals surface area contributed by atoms with E-state index in [1.165, 1.54) is 18.3 Å². The summed E-state index contributed by atoms with van der Waals surface area (Å²) in [7, 11) is 2.10. The summed E-state index contributed by atoms with van der Waals surface area (Å²) in [6.45, 7) is 1.11. The Morgan fingerprint density at radius 3 is 3.13 bits per heavy atom. The van der Waals surface area contributed by atoms with Gasteiger partial charge in [0.1, 0.15) is 13.7 Å². The molecular weight excluding hydrogens is 185 g/mol. The highest BCUT2D eigenvalue weighted by Gasteiger charge is 2.19. The van der Waals surface area contributed by atoms with Gasteiger partial charge in [0.2, 0.25) is 0 Å². The van der Waals surface area contributed by atoms with Crippen LogP contribution in [0.5, 0.6) is 0 Å². The van der Waals surface area contributed by atoms with Crippen LogP contribution in [0.3, 0.4) is 0 Å². The minimum Gasteiger partial charge on any atom is -0.341 e. The van der Waals surface area contributed by atoms with Crippen molar-refractivity contribution in [2.24, 2.45) is 0 Å². The molecule has 3 nitrogen and oxygen atoms in total. The molecule has 1 aliphatic heterocycles. The number of nitrogens with one attached hydrogen (secondary N) is 2. The molecule has 2 heterocycles. The molecule has 15 heavy (non-hydrogen) atoms. The summed E-state index contributed by atoms with van der Waals surface area (Å²) in [5.74, 6) is 1.09. The maximum atomic E-state index is 4.62. The third-order valence-electron chi connectivity index (χ3n) is 3.05. The van der Waals surface area contributed by atoms with Crippen LogP contribution in [-0.2, 0) is 0 Å². The van der Waals surface area contributed by atoms with E-state index in [-0.39, 0.29) is 0 Å². The Labute approximate surface area is 89.7 Å². The fourth-order valence-electron chi connectivity index (χ4n) is 2.23. The maximum Gasteiger partial charge on any atom is 0.139 e. The Kier molecular flexibility index (Phi) is 2.02. The van der Waals surface area contributed by atoms with Crippen molar-refractivity contribution in [2.75, 3.05) is 6.54 Å². The predicted octanol–water partition coefficient (Wildman–Crippen LogP) is 0.246. The molecule has 0 spiro atoms. The first-order valence-electron chi connectivity index (χ1n) is 5.52. The number of benzene rings is 1. The molecule has 76 valence electrons. The van der Waals surface area contributed by atoms with Gasteiger partial charge in [0.05, 0.1) is 17.1 Å². The van der Waals surface area contributed by atoms with Gasteiger partial charge in [0.25, 0.3) is 0 Å². The fraction of sp³-hybridized carbons (Fsp3) is 0.364. The second-order valence-corrected chi connectivity index (χ2v) is 4.29. The van der Waals surface area contributed by atoms with E-state index < -0.39 is 0 Å². The van der Waals surface area contributed by atoms with Gasteiger partial charge in [-0.25, -0.2) is 4.98 Å². The Balaban J connectivity index is 2.05. The molecule has 0 aliphatic carbocycles. The lowest BCUT2D eigenvalue weighted by Gasteiger charge is -2.04. The first-order chi connectivity index (χ1) is 7.33. The van der Waals surface area contributed by atoms with Crippen molar-refractivity contribution in [1.29, 1.82) is 0 Å². The minimum atomic E-state index is 0.428. The molecule has 4 heteroatoms. The normalized spacial score (nSPS) is 21.2. The quantitative estimate of drug-likeness (QED) is 0.646. The highest BCUT2D eigenvalue weighted by molar-refractivity contribution is 6.33. The first kappa shape index (κ1) is 8.98. The summed E-state index contributed by atoms with van der Waals surface area (Å²) in [6, 6.07) is 6.77. The molecule has 1 fully saturated rings. The van der Waals surface area contributed by atoms with Gasteiger partial charge >= 0.3 is 0 Å². The Morgan fingerprint density at radius 1 is 1.40 bits per heavy atom. The van der Waals surface area contributed by atoms with Gasteiger partial charge in [-0.2, -0.15) is 0 Å². The van der Waals surface area contributed by atoms with Gasteiger partial charge in [0.15, 0.2) is 0 Å². The SMILES string of the molecule is Bc1ccc2nc([C@@H]3CCCN3)[nH]c2c1. The van der Waals surface area contributed by atoms with Crippen LogP contribution < -0.4 is 10.8 Å². The van der Waals surface area contributed by atoms with Crippen molar-refractivity contribution in [3.63, 3.8) is 0 Å². The van der Waals surface area contributed by atoms with Crippen molar-refractivity contribution in [3.8, 4) is 0 Å². The molecule has 0 unspecified atom stereocenters. The topological polar surface area (TPSA) is 40.7 Å². The summed E-state index contributed by atoms with van der Waals surface area (Å²) in [6.07, 6.45) is 2.44. The lowest BCUT2D eigenvalue weighted by Crippen LogP contribution is -2.14. The van der Waals surface area contributed by atoms with Crippen LogP contribution in [0.15, 0.2) is 18.2 Å². The van der Waals surface area contributed by atoms with E-state index in [9.17, 15) is 0 Å². The number of fused-ring (bicyclic) bond motifs is 1. The van der Waals surface area contributed by atoms with Crippen LogP contribution in [0.25, 0.3) is 11.0 Å². The summed E-state index contributed by atoms with van der Waals surface area (Å²) >= 11 is 0. The number of hydrogen-bond donors (Lipinski definition) is 2. The van der Waals surface area contributed by atoms with Crippen LogP contribution in [-0.4, -0.2) is 24.4 Å². The first-order valence-corrected chi connectivity index (χ1v) is 5.52. The number of aromatic nitrogens is 2. The van der Waals surface area contributed by atoms with Crippen molar-refractivity contribution < 1.29 is 0 Å². The van der Waals surface area contributed by atoms with Crippen LogP contribution >= 0.6 is 0 Å². The van der Waals surface area contributed by atoms with E-state index in [0.717, 1.165) is 23.4 Å². The Morgan fingerprint density at radius 2 is 2.33 bits per heavy atom. The zero-order valence-corrected chi connectivity index (χ0v) is 8.88. The van der Waals surface area contributed by atoms with E-state index in [0.29, 0.717) is 6.04 Å². The number of aromatic amines is 1. The molecule has 1 aromatic carbocycles. The molecule has 0 radical (unpaired) electrons. The second-order valence-electron chi connectivity index (χ2n) is 4.29. The number of H-pyrrole nitrogens is 1. The van der Waals surface area contributed by atoms with Gasteiger partial charge in [-0.3, -0.25) is 0 Å². The highest BCUT2D eigenvalue weighted by Crippen LogP contribution is 2.22. The molecular formula is C11H14BN3. The van der Waals surface area contributed by atoms with Crippen LogP contribution in [0.4, 0.5) is 0 Å². The molecule has 3 rings (SSSR count). The average molecular weight is 199 g/mol. The van der Waals surface area contributed by atoms with Gasteiger partial charge in [-0.1, -0.05) is 11.5 Å². The minimum absolute atomic E-state index is 0.428. The number of nitrogens with zero attached hydrogens (tertiary/aromatic N) is 1. The van der Waals surface area contributed by atoms with E-state index in [1.807, 2.05) is 0 Å². The van der Waals surface area contributed by atoms with Crippen molar-refractivity contribution in [3.05, 3.63) is 24.0 Å². The molecule has 2 aromatic rings. The molecule has 0 amide bonds. The monoisotopic (exact) mass is 199 g/mol.